The van der Waals surface area contributed by atoms with Gasteiger partial charge in [-0.1, -0.05) is 88.2 Å². The van der Waals surface area contributed by atoms with Crippen LogP contribution in [-0.4, -0.2) is 49.9 Å². The summed E-state index contributed by atoms with van der Waals surface area (Å²) in [6.07, 6.45) is 0.227. The van der Waals surface area contributed by atoms with Crippen LogP contribution in [0.25, 0.3) is 0 Å². The summed E-state index contributed by atoms with van der Waals surface area (Å²) in [4.78, 5) is 30.2. The molecule has 0 spiro atoms. The van der Waals surface area contributed by atoms with Crippen molar-refractivity contribution in [2.75, 3.05) is 17.5 Å². The van der Waals surface area contributed by atoms with Gasteiger partial charge in [-0.05, 0) is 82.1 Å². The Morgan fingerprint density at radius 2 is 1.47 bits per heavy atom. The number of nitrogens with one attached hydrogen (secondary N) is 1. The average Bonchev–Trinajstić information content (AvgIpc) is 3.02. The highest BCUT2D eigenvalue weighted by Gasteiger charge is 2.36. The molecule has 1 N–H and O–H groups in total. The molecule has 0 radical (unpaired) electrons. The molecule has 0 aliphatic rings. The number of aryl methyl sites for hydroxylation is 1. The van der Waals surface area contributed by atoms with E-state index in [0.717, 1.165) is 25.5 Å². The summed E-state index contributed by atoms with van der Waals surface area (Å²) in [7, 11) is -4.25. The molecule has 8 nitrogen and oxygen atoms in total. The Labute approximate surface area is 286 Å². The summed E-state index contributed by atoms with van der Waals surface area (Å²) >= 11 is 3.47. The SMILES string of the molecule is CCOc1ccccc1N(CC(=O)N(Cc1ccc(Br)cc1)[C@H](Cc1ccccc1)C(=O)NC(C)(C)C)S(=O)(=O)c1ccc(C)cc1. The van der Waals surface area contributed by atoms with E-state index in [9.17, 15) is 18.0 Å². The van der Waals surface area contributed by atoms with E-state index in [1.807, 2.05) is 89.2 Å². The Bertz CT molecular complexity index is 1760. The second-order valence-corrected chi connectivity index (χ2v) is 15.1. The second kappa shape index (κ2) is 15.6. The summed E-state index contributed by atoms with van der Waals surface area (Å²) in [6, 6.07) is 29.2. The summed E-state index contributed by atoms with van der Waals surface area (Å²) in [5.74, 6) is -0.557. The van der Waals surface area contributed by atoms with Crippen LogP contribution in [0.2, 0.25) is 0 Å². The number of hydrogen-bond acceptors (Lipinski definition) is 5. The zero-order chi connectivity index (χ0) is 34.2. The smallest absolute Gasteiger partial charge is 0.264 e. The van der Waals surface area contributed by atoms with Crippen LogP contribution in [0.1, 0.15) is 44.4 Å². The normalized spacial score (nSPS) is 12.2. The van der Waals surface area contributed by atoms with E-state index in [0.29, 0.717) is 12.4 Å². The van der Waals surface area contributed by atoms with E-state index in [-0.39, 0.29) is 29.5 Å². The van der Waals surface area contributed by atoms with Crippen molar-refractivity contribution in [2.24, 2.45) is 0 Å². The van der Waals surface area contributed by atoms with Crippen molar-refractivity contribution >= 4 is 43.5 Å². The van der Waals surface area contributed by atoms with Crippen molar-refractivity contribution < 1.29 is 22.7 Å². The fraction of sp³-hybridized carbons (Fsp3) is 0.297. The number of sulfonamides is 1. The molecule has 248 valence electrons. The first-order valence-corrected chi connectivity index (χ1v) is 17.7. The number of hydrogen-bond donors (Lipinski definition) is 1. The molecule has 0 saturated heterocycles. The summed E-state index contributed by atoms with van der Waals surface area (Å²) in [5, 5.41) is 3.05. The fourth-order valence-corrected chi connectivity index (χ4v) is 6.77. The first-order chi connectivity index (χ1) is 22.3. The third kappa shape index (κ3) is 9.68. The van der Waals surface area contributed by atoms with E-state index in [1.165, 1.54) is 17.0 Å². The maximum absolute atomic E-state index is 14.7. The number of benzene rings is 4. The number of carbonyl (C=O) groups excluding carboxylic acids is 2. The van der Waals surface area contributed by atoms with Crippen LogP contribution in [0.3, 0.4) is 0 Å². The molecule has 0 heterocycles. The molecule has 0 unspecified atom stereocenters. The number of nitrogens with zero attached hydrogens (tertiary/aromatic N) is 2. The highest BCUT2D eigenvalue weighted by atomic mass is 79.9. The van der Waals surface area contributed by atoms with E-state index in [1.54, 1.807) is 36.4 Å². The monoisotopic (exact) mass is 719 g/mol. The van der Waals surface area contributed by atoms with Gasteiger partial charge >= 0.3 is 0 Å². The van der Waals surface area contributed by atoms with Crippen LogP contribution in [-0.2, 0) is 32.6 Å². The lowest BCUT2D eigenvalue weighted by atomic mass is 10.0. The molecule has 0 fully saturated rings. The number of anilines is 1. The molecular formula is C37H42BrN3O5S. The van der Waals surface area contributed by atoms with E-state index in [4.69, 9.17) is 4.74 Å². The van der Waals surface area contributed by atoms with Crippen LogP contribution in [0.4, 0.5) is 5.69 Å². The number of rotatable bonds is 13. The Morgan fingerprint density at radius 3 is 2.09 bits per heavy atom. The molecule has 1 atom stereocenters. The molecular weight excluding hydrogens is 678 g/mol. The van der Waals surface area contributed by atoms with Crippen molar-refractivity contribution in [2.45, 2.75) is 64.1 Å². The summed E-state index contributed by atoms with van der Waals surface area (Å²) < 4.78 is 36.5. The van der Waals surface area contributed by atoms with Gasteiger partial charge in [0.25, 0.3) is 10.0 Å². The third-order valence-electron chi connectivity index (χ3n) is 7.36. The zero-order valence-corrected chi connectivity index (χ0v) is 29.8. The van der Waals surface area contributed by atoms with E-state index < -0.39 is 34.1 Å². The second-order valence-electron chi connectivity index (χ2n) is 12.3. The van der Waals surface area contributed by atoms with Gasteiger partial charge in [-0.15, -0.1) is 0 Å². The van der Waals surface area contributed by atoms with Gasteiger partial charge in [0, 0.05) is 23.0 Å². The van der Waals surface area contributed by atoms with Gasteiger partial charge in [-0.2, -0.15) is 0 Å². The largest absolute Gasteiger partial charge is 0.492 e. The molecule has 0 bridgehead atoms. The minimum absolute atomic E-state index is 0.0352. The maximum Gasteiger partial charge on any atom is 0.264 e. The number of ether oxygens (including phenoxy) is 1. The Kier molecular flexibility index (Phi) is 11.9. The van der Waals surface area contributed by atoms with Gasteiger partial charge in [0.1, 0.15) is 18.3 Å². The topological polar surface area (TPSA) is 96.0 Å². The van der Waals surface area contributed by atoms with Gasteiger partial charge in [0.2, 0.25) is 11.8 Å². The quantitative estimate of drug-likeness (QED) is 0.162. The first-order valence-electron chi connectivity index (χ1n) is 15.5. The molecule has 4 aromatic rings. The lowest BCUT2D eigenvalue weighted by Crippen LogP contribution is -2.56. The Morgan fingerprint density at radius 1 is 0.851 bits per heavy atom. The minimum Gasteiger partial charge on any atom is -0.492 e. The van der Waals surface area contributed by atoms with E-state index >= 15 is 0 Å². The summed E-state index contributed by atoms with van der Waals surface area (Å²) in [5.41, 5.74) is 2.20. The molecule has 4 aromatic carbocycles. The predicted octanol–water partition coefficient (Wildman–Crippen LogP) is 6.91. The summed E-state index contributed by atoms with van der Waals surface area (Å²) in [6.45, 7) is 9.13. The third-order valence-corrected chi connectivity index (χ3v) is 9.66. The molecule has 2 amide bonds. The van der Waals surface area contributed by atoms with Crippen molar-refractivity contribution in [1.29, 1.82) is 0 Å². The number of halogens is 1. The van der Waals surface area contributed by atoms with Gasteiger partial charge in [-0.25, -0.2) is 8.42 Å². The molecule has 47 heavy (non-hydrogen) atoms. The molecule has 4 rings (SSSR count). The van der Waals surface area contributed by atoms with Crippen LogP contribution in [0, 0.1) is 6.92 Å². The lowest BCUT2D eigenvalue weighted by molar-refractivity contribution is -0.140. The number of carbonyl (C=O) groups is 2. The Balaban J connectivity index is 1.85. The fourth-order valence-electron chi connectivity index (χ4n) is 5.08. The average molecular weight is 721 g/mol. The Hall–Kier alpha value is -4.15. The van der Waals surface area contributed by atoms with Gasteiger partial charge in [0.15, 0.2) is 0 Å². The van der Waals surface area contributed by atoms with Crippen molar-refractivity contribution in [3.63, 3.8) is 0 Å². The maximum atomic E-state index is 14.7. The van der Waals surface area contributed by atoms with Crippen molar-refractivity contribution in [1.82, 2.24) is 10.2 Å². The molecule has 0 aromatic heterocycles. The number of para-hydroxylation sites is 2. The standard InChI is InChI=1S/C37H42BrN3O5S/c1-6-46-34-15-11-10-14-32(34)41(47(44,45)31-22-16-27(2)17-23-31)26-35(42)40(25-29-18-20-30(38)21-19-29)33(36(43)39-37(3,4)5)24-28-12-8-7-9-13-28/h7-23,33H,6,24-26H2,1-5H3,(H,39,43)/t33-/m1/s1. The zero-order valence-electron chi connectivity index (χ0n) is 27.4. The van der Waals surface area contributed by atoms with E-state index in [2.05, 4.69) is 21.2 Å². The molecule has 0 saturated carbocycles. The van der Waals surface area contributed by atoms with Gasteiger partial charge in [0.05, 0.1) is 17.2 Å². The van der Waals surface area contributed by atoms with Gasteiger partial charge < -0.3 is 15.0 Å². The molecule has 10 heteroatoms. The predicted molar refractivity (Wildman–Crippen MR) is 190 cm³/mol. The van der Waals surface area contributed by atoms with Gasteiger partial charge in [-0.3, -0.25) is 13.9 Å². The molecule has 0 aliphatic carbocycles. The first kappa shape index (κ1) is 35.7. The number of amides is 2. The van der Waals surface area contributed by atoms with Crippen LogP contribution in [0.5, 0.6) is 5.75 Å². The van der Waals surface area contributed by atoms with Crippen LogP contribution >= 0.6 is 15.9 Å². The highest BCUT2D eigenvalue weighted by Crippen LogP contribution is 2.33. The van der Waals surface area contributed by atoms with Crippen molar-refractivity contribution in [3.8, 4) is 5.75 Å². The van der Waals surface area contributed by atoms with Crippen LogP contribution in [0.15, 0.2) is 112 Å². The van der Waals surface area contributed by atoms with Crippen LogP contribution < -0.4 is 14.4 Å². The highest BCUT2D eigenvalue weighted by molar-refractivity contribution is 9.10. The van der Waals surface area contributed by atoms with Crippen molar-refractivity contribution in [3.05, 3.63) is 124 Å². The molecule has 0 aliphatic heterocycles. The lowest BCUT2D eigenvalue weighted by Gasteiger charge is -2.35. The minimum atomic E-state index is -4.25.